The molecule has 0 heterocycles. The van der Waals surface area contributed by atoms with Crippen LogP contribution in [0.5, 0.6) is 0 Å². The van der Waals surface area contributed by atoms with Crippen LogP contribution in [-0.4, -0.2) is 6.29 Å². The van der Waals surface area contributed by atoms with E-state index in [-0.39, 0.29) is 5.41 Å². The number of hydrogen-bond donors (Lipinski definition) is 0. The van der Waals surface area contributed by atoms with Gasteiger partial charge in [-0.1, -0.05) is 51.1 Å². The maximum atomic E-state index is 10.1. The zero-order valence-electron chi connectivity index (χ0n) is 8.95. The minimum absolute atomic E-state index is 0.187. The molecule has 1 heteroatoms. The predicted octanol–water partition coefficient (Wildman–Crippen LogP) is 3.20. The molecule has 0 spiro atoms. The van der Waals surface area contributed by atoms with Gasteiger partial charge in [0, 0.05) is 0 Å². The summed E-state index contributed by atoms with van der Waals surface area (Å²) in [5.41, 5.74) is 2.55. The highest BCUT2D eigenvalue weighted by molar-refractivity contribution is 5.73. The minimum Gasteiger partial charge on any atom is -0.299 e. The van der Waals surface area contributed by atoms with Crippen molar-refractivity contribution in [1.29, 1.82) is 0 Å². The molecule has 0 aliphatic heterocycles. The van der Waals surface area contributed by atoms with E-state index in [4.69, 9.17) is 0 Å². The molecule has 14 heavy (non-hydrogen) atoms. The summed E-state index contributed by atoms with van der Waals surface area (Å²) in [5, 5.41) is 0. The van der Waals surface area contributed by atoms with E-state index in [9.17, 15) is 4.79 Å². The number of benzene rings is 1. The zero-order chi connectivity index (χ0) is 10.6. The monoisotopic (exact) mass is 188 g/mol. The Morgan fingerprint density at radius 3 is 2.07 bits per heavy atom. The summed E-state index contributed by atoms with van der Waals surface area (Å²) in [5.74, 6) is 0. The Morgan fingerprint density at radius 2 is 1.64 bits per heavy atom. The number of carbonyl (C=O) groups is 1. The first-order valence-corrected chi connectivity index (χ1v) is 4.76. The molecule has 1 aromatic carbocycles. The Labute approximate surface area is 85.5 Å². The first kappa shape index (κ1) is 10.7. The van der Waals surface area contributed by atoms with Crippen LogP contribution in [0.1, 0.15) is 31.9 Å². The molecule has 0 amide bonds. The fourth-order valence-electron chi connectivity index (χ4n) is 1.24. The van der Waals surface area contributed by atoms with Crippen molar-refractivity contribution in [1.82, 2.24) is 0 Å². The van der Waals surface area contributed by atoms with Gasteiger partial charge in [-0.05, 0) is 22.6 Å². The molecule has 1 aromatic rings. The lowest BCUT2D eigenvalue weighted by Crippen LogP contribution is -2.10. The topological polar surface area (TPSA) is 17.1 Å². The third-order valence-electron chi connectivity index (χ3n) is 2.14. The van der Waals surface area contributed by atoms with Crippen molar-refractivity contribution in [3.8, 4) is 0 Å². The normalized spacial score (nSPS) is 11.9. The Balaban J connectivity index is 2.89. The SMILES string of the molecule is CC(C)(C)c1ccc(/C=C/C=O)cc1. The largest absolute Gasteiger partial charge is 0.299 e. The molecular weight excluding hydrogens is 172 g/mol. The average Bonchev–Trinajstić information content (AvgIpc) is 2.14. The van der Waals surface area contributed by atoms with Crippen LogP contribution in [0.25, 0.3) is 6.08 Å². The molecule has 0 bridgehead atoms. The molecule has 0 aromatic heterocycles. The van der Waals surface area contributed by atoms with E-state index in [2.05, 4.69) is 32.9 Å². The van der Waals surface area contributed by atoms with Crippen LogP contribution < -0.4 is 0 Å². The standard InChI is InChI=1S/C13H16O/c1-13(2,3)12-8-6-11(7-9-12)5-4-10-14/h4-10H,1-3H3/b5-4+. The fraction of sp³-hybridized carbons (Fsp3) is 0.308. The Hall–Kier alpha value is -1.37. The van der Waals surface area contributed by atoms with Crippen molar-refractivity contribution in [2.24, 2.45) is 0 Å². The number of carbonyl (C=O) groups excluding carboxylic acids is 1. The molecule has 0 radical (unpaired) electrons. The molecule has 0 N–H and O–H groups in total. The maximum Gasteiger partial charge on any atom is 0.142 e. The minimum atomic E-state index is 0.187. The molecule has 74 valence electrons. The Bertz CT molecular complexity index is 325. The van der Waals surface area contributed by atoms with Gasteiger partial charge in [-0.2, -0.15) is 0 Å². The second-order valence-corrected chi connectivity index (χ2v) is 4.37. The van der Waals surface area contributed by atoms with Crippen molar-refractivity contribution < 1.29 is 4.79 Å². The van der Waals surface area contributed by atoms with Gasteiger partial charge in [0.15, 0.2) is 0 Å². The van der Waals surface area contributed by atoms with Gasteiger partial charge in [0.05, 0.1) is 0 Å². The van der Waals surface area contributed by atoms with Crippen LogP contribution in [0.3, 0.4) is 0 Å². The first-order valence-electron chi connectivity index (χ1n) is 4.76. The third-order valence-corrected chi connectivity index (χ3v) is 2.14. The van der Waals surface area contributed by atoms with E-state index in [0.29, 0.717) is 0 Å². The van der Waals surface area contributed by atoms with Crippen molar-refractivity contribution in [2.45, 2.75) is 26.2 Å². The third kappa shape index (κ3) is 2.84. The smallest absolute Gasteiger partial charge is 0.142 e. The molecule has 0 unspecified atom stereocenters. The van der Waals surface area contributed by atoms with Crippen LogP contribution in [0, 0.1) is 0 Å². The molecule has 0 saturated heterocycles. The molecule has 0 saturated carbocycles. The van der Waals surface area contributed by atoms with Crippen molar-refractivity contribution >= 4 is 12.4 Å². The van der Waals surface area contributed by atoms with E-state index in [1.165, 1.54) is 11.6 Å². The lowest BCUT2D eigenvalue weighted by molar-refractivity contribution is -0.104. The van der Waals surface area contributed by atoms with Crippen LogP contribution >= 0.6 is 0 Å². The molecule has 0 atom stereocenters. The Morgan fingerprint density at radius 1 is 1.07 bits per heavy atom. The van der Waals surface area contributed by atoms with Crippen LogP contribution in [-0.2, 0) is 10.2 Å². The van der Waals surface area contributed by atoms with Gasteiger partial charge < -0.3 is 0 Å². The number of aldehydes is 1. The molecule has 1 rings (SSSR count). The molecule has 0 aliphatic carbocycles. The second-order valence-electron chi connectivity index (χ2n) is 4.37. The summed E-state index contributed by atoms with van der Waals surface area (Å²) in [6, 6.07) is 8.26. The second kappa shape index (κ2) is 4.23. The first-order chi connectivity index (χ1) is 6.54. The highest BCUT2D eigenvalue weighted by Gasteiger charge is 2.12. The highest BCUT2D eigenvalue weighted by atomic mass is 16.1. The van der Waals surface area contributed by atoms with E-state index in [1.54, 1.807) is 6.08 Å². The summed E-state index contributed by atoms with van der Waals surface area (Å²) < 4.78 is 0. The number of allylic oxidation sites excluding steroid dienone is 1. The summed E-state index contributed by atoms with van der Waals surface area (Å²) in [6.07, 6.45) is 4.10. The Kier molecular flexibility index (Phi) is 3.23. The van der Waals surface area contributed by atoms with Gasteiger partial charge in [-0.25, -0.2) is 0 Å². The van der Waals surface area contributed by atoms with E-state index in [1.807, 2.05) is 12.1 Å². The summed E-state index contributed by atoms with van der Waals surface area (Å²) in [4.78, 5) is 10.1. The van der Waals surface area contributed by atoms with Gasteiger partial charge in [0.2, 0.25) is 0 Å². The average molecular weight is 188 g/mol. The number of rotatable bonds is 2. The summed E-state index contributed by atoms with van der Waals surface area (Å²) >= 11 is 0. The van der Waals surface area contributed by atoms with Crippen LogP contribution in [0.4, 0.5) is 0 Å². The van der Waals surface area contributed by atoms with Crippen molar-refractivity contribution in [3.05, 3.63) is 41.5 Å². The van der Waals surface area contributed by atoms with E-state index in [0.717, 1.165) is 11.8 Å². The fourth-order valence-corrected chi connectivity index (χ4v) is 1.24. The van der Waals surface area contributed by atoms with Gasteiger partial charge in [-0.15, -0.1) is 0 Å². The molecule has 0 aliphatic rings. The van der Waals surface area contributed by atoms with Crippen molar-refractivity contribution in [3.63, 3.8) is 0 Å². The zero-order valence-corrected chi connectivity index (χ0v) is 8.95. The molecular formula is C13H16O. The molecule has 1 nitrogen and oxygen atoms in total. The highest BCUT2D eigenvalue weighted by Crippen LogP contribution is 2.22. The van der Waals surface area contributed by atoms with Crippen molar-refractivity contribution in [2.75, 3.05) is 0 Å². The summed E-state index contributed by atoms with van der Waals surface area (Å²) in [7, 11) is 0. The lowest BCUT2D eigenvalue weighted by atomic mass is 9.87. The predicted molar refractivity (Wildman–Crippen MR) is 60.2 cm³/mol. The quantitative estimate of drug-likeness (QED) is 0.514. The number of hydrogen-bond acceptors (Lipinski definition) is 1. The van der Waals surface area contributed by atoms with Gasteiger partial charge >= 0.3 is 0 Å². The van der Waals surface area contributed by atoms with Crippen LogP contribution in [0.2, 0.25) is 0 Å². The molecule has 0 fully saturated rings. The van der Waals surface area contributed by atoms with Gasteiger partial charge in [0.25, 0.3) is 0 Å². The van der Waals surface area contributed by atoms with E-state index >= 15 is 0 Å². The summed E-state index contributed by atoms with van der Waals surface area (Å²) in [6.45, 7) is 6.55. The van der Waals surface area contributed by atoms with Gasteiger partial charge in [-0.3, -0.25) is 4.79 Å². The van der Waals surface area contributed by atoms with Gasteiger partial charge in [0.1, 0.15) is 6.29 Å². The maximum absolute atomic E-state index is 10.1. The lowest BCUT2D eigenvalue weighted by Gasteiger charge is -2.18. The van der Waals surface area contributed by atoms with E-state index < -0.39 is 0 Å². The van der Waals surface area contributed by atoms with Crippen LogP contribution in [0.15, 0.2) is 30.3 Å².